The van der Waals surface area contributed by atoms with Crippen molar-refractivity contribution in [2.24, 2.45) is 5.73 Å². The van der Waals surface area contributed by atoms with Crippen LogP contribution in [0.3, 0.4) is 0 Å². The number of hydrogen-bond acceptors (Lipinski definition) is 7. The number of carbonyl (C=O) groups is 3. The summed E-state index contributed by atoms with van der Waals surface area (Å²) >= 11 is 6.96. The minimum Gasteiger partial charge on any atom is -0.452 e. The van der Waals surface area contributed by atoms with Gasteiger partial charge in [-0.1, -0.05) is 11.6 Å². The van der Waals surface area contributed by atoms with Crippen molar-refractivity contribution in [3.8, 4) is 0 Å². The molecule has 2 amide bonds. The summed E-state index contributed by atoms with van der Waals surface area (Å²) in [5, 5.41) is 4.18. The van der Waals surface area contributed by atoms with E-state index in [1.165, 1.54) is 18.2 Å². The number of nitrogens with one attached hydrogen (secondary N) is 1. The van der Waals surface area contributed by atoms with Crippen molar-refractivity contribution in [1.82, 2.24) is 0 Å². The number of halogens is 1. The van der Waals surface area contributed by atoms with Crippen LogP contribution >= 0.6 is 22.9 Å². The molecule has 0 bridgehead atoms. The van der Waals surface area contributed by atoms with Crippen LogP contribution in [0.4, 0.5) is 5.00 Å². The molecule has 0 atom stereocenters. The van der Waals surface area contributed by atoms with Gasteiger partial charge in [-0.2, -0.15) is 0 Å². The monoisotopic (exact) mass is 416 g/mol. The first kappa shape index (κ1) is 19.9. The van der Waals surface area contributed by atoms with Gasteiger partial charge in [0.25, 0.3) is 11.8 Å². The molecule has 26 heavy (non-hydrogen) atoms. The van der Waals surface area contributed by atoms with E-state index >= 15 is 0 Å². The maximum absolute atomic E-state index is 12.1. The zero-order chi connectivity index (χ0) is 19.5. The van der Waals surface area contributed by atoms with Crippen molar-refractivity contribution in [3.05, 3.63) is 45.8 Å². The summed E-state index contributed by atoms with van der Waals surface area (Å²) in [6, 6.07) is 5.02. The van der Waals surface area contributed by atoms with E-state index in [0.717, 1.165) is 23.7 Å². The van der Waals surface area contributed by atoms with Gasteiger partial charge in [-0.3, -0.25) is 9.59 Å². The lowest BCUT2D eigenvalue weighted by atomic mass is 10.2. The third-order valence-electron chi connectivity index (χ3n) is 3.10. The van der Waals surface area contributed by atoms with Crippen LogP contribution in [0.25, 0.3) is 0 Å². The molecule has 0 aliphatic rings. The summed E-state index contributed by atoms with van der Waals surface area (Å²) in [7, 11) is -3.54. The molecular weight excluding hydrogens is 404 g/mol. The van der Waals surface area contributed by atoms with Crippen LogP contribution in [-0.2, 0) is 19.4 Å². The number of carbonyl (C=O) groups excluding carboxylic acids is 3. The van der Waals surface area contributed by atoms with Crippen LogP contribution in [-0.4, -0.2) is 39.1 Å². The second kappa shape index (κ2) is 7.85. The predicted molar refractivity (Wildman–Crippen MR) is 96.3 cm³/mol. The van der Waals surface area contributed by atoms with E-state index < -0.39 is 34.2 Å². The van der Waals surface area contributed by atoms with Gasteiger partial charge in [0.15, 0.2) is 16.4 Å². The molecule has 0 aliphatic heterocycles. The smallest absolute Gasteiger partial charge is 0.340 e. The average molecular weight is 417 g/mol. The zero-order valence-electron chi connectivity index (χ0n) is 13.3. The van der Waals surface area contributed by atoms with E-state index in [2.05, 4.69) is 5.32 Å². The quantitative estimate of drug-likeness (QED) is 0.688. The highest BCUT2D eigenvalue weighted by atomic mass is 35.5. The average Bonchev–Trinajstić information content (AvgIpc) is 3.00. The molecule has 8 nitrogen and oxygen atoms in total. The number of nitrogens with two attached hydrogens (primary N) is 1. The van der Waals surface area contributed by atoms with Gasteiger partial charge in [-0.05, 0) is 29.6 Å². The Balaban J connectivity index is 2.05. The molecule has 0 saturated heterocycles. The molecule has 1 aromatic carbocycles. The highest BCUT2D eigenvalue weighted by molar-refractivity contribution is 7.90. The summed E-state index contributed by atoms with van der Waals surface area (Å²) in [5.74, 6) is -2.36. The van der Waals surface area contributed by atoms with E-state index in [0.29, 0.717) is 0 Å². The Kier molecular flexibility index (Phi) is 6.01. The SMILES string of the molecule is CS(=O)(=O)c1ccc(Cl)c(C(=O)OCC(=O)Nc2sccc2C(N)=O)c1. The zero-order valence-corrected chi connectivity index (χ0v) is 15.7. The molecule has 11 heteroatoms. The predicted octanol–water partition coefficient (Wildman–Crippen LogP) is 1.70. The second-order valence-corrected chi connectivity index (χ2v) is 8.40. The molecule has 0 fully saturated rings. The number of anilines is 1. The summed E-state index contributed by atoms with van der Waals surface area (Å²) in [6.07, 6.45) is 0.982. The Morgan fingerprint density at radius 1 is 1.23 bits per heavy atom. The maximum Gasteiger partial charge on any atom is 0.340 e. The Morgan fingerprint density at radius 3 is 2.54 bits per heavy atom. The topological polar surface area (TPSA) is 133 Å². The van der Waals surface area contributed by atoms with E-state index in [4.69, 9.17) is 22.1 Å². The molecule has 2 aromatic rings. The number of hydrogen-bond donors (Lipinski definition) is 2. The summed E-state index contributed by atoms with van der Waals surface area (Å²) < 4.78 is 28.0. The first-order valence-corrected chi connectivity index (χ1v) is 10.1. The van der Waals surface area contributed by atoms with Crippen molar-refractivity contribution >= 4 is 55.6 Å². The number of primary amides is 1. The lowest BCUT2D eigenvalue weighted by Crippen LogP contribution is -2.22. The lowest BCUT2D eigenvalue weighted by Gasteiger charge is -2.08. The van der Waals surface area contributed by atoms with E-state index in [1.54, 1.807) is 5.38 Å². The number of thiophene rings is 1. The van der Waals surface area contributed by atoms with Crippen LogP contribution in [0, 0.1) is 0 Å². The molecule has 1 heterocycles. The lowest BCUT2D eigenvalue weighted by molar-refractivity contribution is -0.119. The molecule has 0 spiro atoms. The van der Waals surface area contributed by atoms with E-state index in [9.17, 15) is 22.8 Å². The first-order valence-electron chi connectivity index (χ1n) is 6.93. The molecular formula is C15H13ClN2O6S2. The number of ether oxygens (including phenoxy) is 1. The number of esters is 1. The highest BCUT2D eigenvalue weighted by Gasteiger charge is 2.18. The number of rotatable bonds is 6. The summed E-state index contributed by atoms with van der Waals surface area (Å²) in [5.41, 5.74) is 5.12. The van der Waals surface area contributed by atoms with Crippen molar-refractivity contribution in [2.45, 2.75) is 4.90 Å². The Hall–Kier alpha value is -2.43. The largest absolute Gasteiger partial charge is 0.452 e. The van der Waals surface area contributed by atoms with Gasteiger partial charge in [0.2, 0.25) is 0 Å². The minimum absolute atomic E-state index is 0.0166. The minimum atomic E-state index is -3.54. The van der Waals surface area contributed by atoms with Crippen LogP contribution in [0.2, 0.25) is 5.02 Å². The van der Waals surface area contributed by atoms with Crippen LogP contribution in [0.1, 0.15) is 20.7 Å². The molecule has 3 N–H and O–H groups in total. The van der Waals surface area contributed by atoms with Crippen LogP contribution < -0.4 is 11.1 Å². The fourth-order valence-electron chi connectivity index (χ4n) is 1.86. The van der Waals surface area contributed by atoms with Crippen molar-refractivity contribution < 1.29 is 27.5 Å². The van der Waals surface area contributed by atoms with Gasteiger partial charge >= 0.3 is 5.97 Å². The fourth-order valence-corrected chi connectivity index (χ4v) is 3.51. The second-order valence-electron chi connectivity index (χ2n) is 5.07. The maximum atomic E-state index is 12.1. The molecule has 0 radical (unpaired) electrons. The third-order valence-corrected chi connectivity index (χ3v) is 5.37. The number of sulfone groups is 1. The Labute approximate surface area is 157 Å². The van der Waals surface area contributed by atoms with E-state index in [1.807, 2.05) is 0 Å². The number of benzene rings is 1. The molecule has 0 unspecified atom stereocenters. The van der Waals surface area contributed by atoms with Crippen LogP contribution in [0.15, 0.2) is 34.5 Å². The van der Waals surface area contributed by atoms with Crippen LogP contribution in [0.5, 0.6) is 0 Å². The molecule has 138 valence electrons. The highest BCUT2D eigenvalue weighted by Crippen LogP contribution is 2.23. The van der Waals surface area contributed by atoms with Gasteiger partial charge < -0.3 is 15.8 Å². The van der Waals surface area contributed by atoms with Gasteiger partial charge in [-0.25, -0.2) is 13.2 Å². The van der Waals surface area contributed by atoms with Gasteiger partial charge in [0.1, 0.15) is 5.00 Å². The third kappa shape index (κ3) is 4.81. The van der Waals surface area contributed by atoms with Gasteiger partial charge in [0, 0.05) is 6.26 Å². The van der Waals surface area contributed by atoms with Gasteiger partial charge in [0.05, 0.1) is 21.0 Å². The molecule has 0 aliphatic carbocycles. The van der Waals surface area contributed by atoms with Crippen molar-refractivity contribution in [1.29, 1.82) is 0 Å². The Bertz CT molecular complexity index is 984. The first-order chi connectivity index (χ1) is 12.1. The Morgan fingerprint density at radius 2 is 1.92 bits per heavy atom. The normalized spacial score (nSPS) is 11.0. The van der Waals surface area contributed by atoms with E-state index in [-0.39, 0.29) is 26.0 Å². The standard InChI is InChI=1S/C15H13ClN2O6S2/c1-26(22,23)8-2-3-11(16)10(6-8)15(21)24-7-12(19)18-14-9(13(17)20)4-5-25-14/h2-6H,7H2,1H3,(H2,17,20)(H,18,19). The summed E-state index contributed by atoms with van der Waals surface area (Å²) in [4.78, 5) is 35.0. The van der Waals surface area contributed by atoms with Gasteiger partial charge in [-0.15, -0.1) is 11.3 Å². The summed E-state index contributed by atoms with van der Waals surface area (Å²) in [6.45, 7) is -0.658. The molecule has 1 aromatic heterocycles. The molecule has 2 rings (SSSR count). The van der Waals surface area contributed by atoms with Crippen molar-refractivity contribution in [3.63, 3.8) is 0 Å². The number of amides is 2. The van der Waals surface area contributed by atoms with Crippen molar-refractivity contribution in [2.75, 3.05) is 18.2 Å². The molecule has 0 saturated carbocycles. The fraction of sp³-hybridized carbons (Fsp3) is 0.133.